The summed E-state index contributed by atoms with van der Waals surface area (Å²) in [4.78, 5) is 14.4. The number of nitriles is 1. The van der Waals surface area contributed by atoms with Gasteiger partial charge in [0.2, 0.25) is 0 Å². The predicted octanol–water partition coefficient (Wildman–Crippen LogP) is 2.77. The Balaban J connectivity index is 2.17. The normalized spacial score (nSPS) is 17.4. The molecule has 0 N–H and O–H groups in total. The molecule has 0 radical (unpaired) electrons. The maximum absolute atomic E-state index is 12.6. The average Bonchev–Trinajstić information content (AvgIpc) is 2.47. The van der Waals surface area contributed by atoms with E-state index in [0.29, 0.717) is 24.4 Å². The fraction of sp³-hybridized carbons (Fsp3) is 0.500. The quantitative estimate of drug-likeness (QED) is 0.831. The fourth-order valence-corrected chi connectivity index (χ4v) is 2.47. The van der Waals surface area contributed by atoms with Gasteiger partial charge in [0, 0.05) is 13.1 Å². The Bertz CT molecular complexity index is 552. The standard InChI is InChI=1S/C16H20N2O2/c1-12-4-5-14(20-3)13(10-12)15(19)18-8-6-16(2,11-17)7-9-18/h4-5,10H,6-9H2,1-3H3. The Morgan fingerprint density at radius 2 is 2.05 bits per heavy atom. The molecule has 1 aromatic carbocycles. The van der Waals surface area contributed by atoms with Crippen LogP contribution >= 0.6 is 0 Å². The van der Waals surface area contributed by atoms with Crippen LogP contribution in [-0.2, 0) is 0 Å². The van der Waals surface area contributed by atoms with Gasteiger partial charge in [-0.05, 0) is 38.8 Å². The Morgan fingerprint density at radius 3 is 2.60 bits per heavy atom. The first-order valence-electron chi connectivity index (χ1n) is 6.84. The van der Waals surface area contributed by atoms with Crippen LogP contribution in [0.15, 0.2) is 18.2 Å². The molecular formula is C16H20N2O2. The number of amides is 1. The number of hydrogen-bond donors (Lipinski definition) is 0. The molecule has 0 spiro atoms. The second kappa shape index (κ2) is 5.54. The van der Waals surface area contributed by atoms with Gasteiger partial charge in [0.05, 0.1) is 24.2 Å². The van der Waals surface area contributed by atoms with Gasteiger partial charge in [0.1, 0.15) is 5.75 Å². The summed E-state index contributed by atoms with van der Waals surface area (Å²) >= 11 is 0. The van der Waals surface area contributed by atoms with E-state index >= 15 is 0 Å². The van der Waals surface area contributed by atoms with Crippen molar-refractivity contribution in [2.75, 3.05) is 20.2 Å². The van der Waals surface area contributed by atoms with Crippen molar-refractivity contribution < 1.29 is 9.53 Å². The Kier molecular flexibility index (Phi) is 3.99. The summed E-state index contributed by atoms with van der Waals surface area (Å²) in [6.45, 7) is 5.17. The first-order chi connectivity index (χ1) is 9.49. The SMILES string of the molecule is COc1ccc(C)cc1C(=O)N1CCC(C)(C#N)CC1. The van der Waals surface area contributed by atoms with Crippen LogP contribution in [0.5, 0.6) is 5.75 Å². The summed E-state index contributed by atoms with van der Waals surface area (Å²) in [5.74, 6) is 0.597. The molecule has 0 aliphatic carbocycles. The molecule has 0 unspecified atom stereocenters. The van der Waals surface area contributed by atoms with Crippen LogP contribution in [0.25, 0.3) is 0 Å². The number of carbonyl (C=O) groups is 1. The van der Waals surface area contributed by atoms with Crippen molar-refractivity contribution in [3.63, 3.8) is 0 Å². The van der Waals surface area contributed by atoms with E-state index in [2.05, 4.69) is 6.07 Å². The van der Waals surface area contributed by atoms with E-state index in [0.717, 1.165) is 18.4 Å². The smallest absolute Gasteiger partial charge is 0.257 e. The third-order valence-corrected chi connectivity index (χ3v) is 4.01. The number of nitrogens with zero attached hydrogens (tertiary/aromatic N) is 2. The predicted molar refractivity (Wildman–Crippen MR) is 76.6 cm³/mol. The van der Waals surface area contributed by atoms with E-state index in [4.69, 9.17) is 10.00 Å². The molecule has 0 atom stereocenters. The van der Waals surface area contributed by atoms with Crippen molar-refractivity contribution in [2.24, 2.45) is 5.41 Å². The molecule has 20 heavy (non-hydrogen) atoms. The topological polar surface area (TPSA) is 53.3 Å². The van der Waals surface area contributed by atoms with Crippen molar-refractivity contribution in [3.8, 4) is 11.8 Å². The summed E-state index contributed by atoms with van der Waals surface area (Å²) in [5, 5.41) is 9.14. The molecule has 1 aromatic rings. The van der Waals surface area contributed by atoms with Gasteiger partial charge in [-0.3, -0.25) is 4.79 Å². The minimum Gasteiger partial charge on any atom is -0.496 e. The van der Waals surface area contributed by atoms with E-state index in [-0.39, 0.29) is 11.3 Å². The summed E-state index contributed by atoms with van der Waals surface area (Å²) in [5.41, 5.74) is 1.34. The third-order valence-electron chi connectivity index (χ3n) is 4.01. The lowest BCUT2D eigenvalue weighted by atomic mass is 9.82. The summed E-state index contributed by atoms with van der Waals surface area (Å²) in [6, 6.07) is 7.96. The molecule has 0 bridgehead atoms. The van der Waals surface area contributed by atoms with Gasteiger partial charge >= 0.3 is 0 Å². The Hall–Kier alpha value is -2.02. The lowest BCUT2D eigenvalue weighted by Gasteiger charge is -2.35. The number of rotatable bonds is 2. The maximum Gasteiger partial charge on any atom is 0.257 e. The number of ether oxygens (including phenoxy) is 1. The second-order valence-corrected chi connectivity index (χ2v) is 5.67. The largest absolute Gasteiger partial charge is 0.496 e. The molecular weight excluding hydrogens is 252 g/mol. The Labute approximate surface area is 120 Å². The molecule has 1 amide bonds. The van der Waals surface area contributed by atoms with Crippen molar-refractivity contribution in [3.05, 3.63) is 29.3 Å². The molecule has 1 saturated heterocycles. The number of likely N-dealkylation sites (tertiary alicyclic amines) is 1. The van der Waals surface area contributed by atoms with E-state index in [1.165, 1.54) is 0 Å². The van der Waals surface area contributed by atoms with Crippen LogP contribution in [0.2, 0.25) is 0 Å². The average molecular weight is 272 g/mol. The van der Waals surface area contributed by atoms with E-state index < -0.39 is 0 Å². The first kappa shape index (κ1) is 14.4. The number of piperidine rings is 1. The number of hydrogen-bond acceptors (Lipinski definition) is 3. The van der Waals surface area contributed by atoms with Gasteiger partial charge < -0.3 is 9.64 Å². The molecule has 1 aliphatic heterocycles. The molecule has 106 valence electrons. The minimum absolute atomic E-state index is 0.00876. The lowest BCUT2D eigenvalue weighted by Crippen LogP contribution is -2.41. The summed E-state index contributed by atoms with van der Waals surface area (Å²) in [7, 11) is 1.57. The first-order valence-corrected chi connectivity index (χ1v) is 6.84. The van der Waals surface area contributed by atoms with Crippen molar-refractivity contribution >= 4 is 5.91 Å². The summed E-state index contributed by atoms with van der Waals surface area (Å²) in [6.07, 6.45) is 1.45. The molecule has 1 fully saturated rings. The second-order valence-electron chi connectivity index (χ2n) is 5.67. The monoisotopic (exact) mass is 272 g/mol. The molecule has 2 rings (SSSR count). The van der Waals surface area contributed by atoms with E-state index in [1.807, 2.05) is 36.9 Å². The lowest BCUT2D eigenvalue weighted by molar-refractivity contribution is 0.0658. The molecule has 1 aliphatic rings. The highest BCUT2D eigenvalue weighted by molar-refractivity contribution is 5.97. The van der Waals surface area contributed by atoms with Gasteiger partial charge in [-0.15, -0.1) is 0 Å². The van der Waals surface area contributed by atoms with Gasteiger partial charge in [0.15, 0.2) is 0 Å². The zero-order valence-electron chi connectivity index (χ0n) is 12.3. The molecule has 0 saturated carbocycles. The number of carbonyl (C=O) groups excluding carboxylic acids is 1. The zero-order valence-corrected chi connectivity index (χ0v) is 12.3. The zero-order chi connectivity index (χ0) is 14.8. The van der Waals surface area contributed by atoms with Crippen molar-refractivity contribution in [2.45, 2.75) is 26.7 Å². The van der Waals surface area contributed by atoms with Gasteiger partial charge in [-0.1, -0.05) is 11.6 Å². The van der Waals surface area contributed by atoms with Crippen LogP contribution < -0.4 is 4.74 Å². The van der Waals surface area contributed by atoms with Crippen molar-refractivity contribution in [1.82, 2.24) is 4.90 Å². The van der Waals surface area contributed by atoms with Crippen LogP contribution in [0, 0.1) is 23.7 Å². The van der Waals surface area contributed by atoms with Crippen LogP contribution in [0.1, 0.15) is 35.7 Å². The van der Waals surface area contributed by atoms with E-state index in [1.54, 1.807) is 7.11 Å². The van der Waals surface area contributed by atoms with Crippen LogP contribution in [0.3, 0.4) is 0 Å². The highest BCUT2D eigenvalue weighted by Gasteiger charge is 2.32. The summed E-state index contributed by atoms with van der Waals surface area (Å²) < 4.78 is 5.27. The molecule has 4 heteroatoms. The van der Waals surface area contributed by atoms with Crippen molar-refractivity contribution in [1.29, 1.82) is 5.26 Å². The van der Waals surface area contributed by atoms with Gasteiger partial charge in [0.25, 0.3) is 5.91 Å². The van der Waals surface area contributed by atoms with Crippen LogP contribution in [-0.4, -0.2) is 31.0 Å². The number of methoxy groups -OCH3 is 1. The highest BCUT2D eigenvalue weighted by atomic mass is 16.5. The Morgan fingerprint density at radius 1 is 1.40 bits per heavy atom. The fourth-order valence-electron chi connectivity index (χ4n) is 2.47. The van der Waals surface area contributed by atoms with Gasteiger partial charge in [-0.2, -0.15) is 5.26 Å². The molecule has 0 aromatic heterocycles. The van der Waals surface area contributed by atoms with Crippen LogP contribution in [0.4, 0.5) is 0 Å². The maximum atomic E-state index is 12.6. The minimum atomic E-state index is -0.298. The number of aryl methyl sites for hydroxylation is 1. The highest BCUT2D eigenvalue weighted by Crippen LogP contribution is 2.31. The molecule has 1 heterocycles. The van der Waals surface area contributed by atoms with E-state index in [9.17, 15) is 4.79 Å². The third kappa shape index (κ3) is 2.77. The van der Waals surface area contributed by atoms with Gasteiger partial charge in [-0.25, -0.2) is 0 Å². The number of benzene rings is 1. The molecule has 4 nitrogen and oxygen atoms in total.